The fourth-order valence-electron chi connectivity index (χ4n) is 3.38. The largest absolute Gasteiger partial charge is 0.508 e. The summed E-state index contributed by atoms with van der Waals surface area (Å²) in [5, 5.41) is 20.9. The second-order valence-electron chi connectivity index (χ2n) is 6.66. The molecule has 1 amide bonds. The highest BCUT2D eigenvalue weighted by molar-refractivity contribution is 6.46. The molecule has 158 valence electrons. The summed E-state index contributed by atoms with van der Waals surface area (Å²) in [5.74, 6) is -1.37. The number of likely N-dealkylation sites (tertiary alicyclic amines) is 1. The number of halogens is 1. The predicted molar refractivity (Wildman–Crippen MR) is 112 cm³/mol. The molecule has 3 rings (SSSR count). The molecule has 8 heteroatoms. The lowest BCUT2D eigenvalue weighted by Crippen LogP contribution is -2.32. The SMILES string of the molecule is CCOc1ccc(C(O)=C2C(=O)C(=O)N(CCOC)C2c2ccc(O)cc2)cc1Cl. The van der Waals surface area contributed by atoms with E-state index >= 15 is 0 Å². The van der Waals surface area contributed by atoms with Crippen LogP contribution in [0.4, 0.5) is 0 Å². The average molecular weight is 432 g/mol. The van der Waals surface area contributed by atoms with Gasteiger partial charge in [-0.25, -0.2) is 0 Å². The van der Waals surface area contributed by atoms with E-state index in [0.29, 0.717) is 17.9 Å². The van der Waals surface area contributed by atoms with E-state index in [2.05, 4.69) is 0 Å². The van der Waals surface area contributed by atoms with E-state index in [1.54, 1.807) is 24.3 Å². The minimum atomic E-state index is -0.828. The number of Topliss-reactive ketones (excluding diaryl/α,β-unsaturated/α-hetero) is 1. The van der Waals surface area contributed by atoms with Gasteiger partial charge in [-0.1, -0.05) is 23.7 Å². The van der Waals surface area contributed by atoms with E-state index in [1.165, 1.54) is 30.2 Å². The number of ketones is 1. The highest BCUT2D eigenvalue weighted by Gasteiger charge is 2.45. The van der Waals surface area contributed by atoms with Crippen molar-refractivity contribution in [2.75, 3.05) is 26.9 Å². The van der Waals surface area contributed by atoms with Gasteiger partial charge in [0, 0.05) is 19.2 Å². The molecule has 30 heavy (non-hydrogen) atoms. The van der Waals surface area contributed by atoms with Crippen LogP contribution in [0.1, 0.15) is 24.1 Å². The maximum Gasteiger partial charge on any atom is 0.295 e. The van der Waals surface area contributed by atoms with Crippen molar-refractivity contribution in [2.24, 2.45) is 0 Å². The summed E-state index contributed by atoms with van der Waals surface area (Å²) in [6.07, 6.45) is 0. The van der Waals surface area contributed by atoms with E-state index in [9.17, 15) is 19.8 Å². The van der Waals surface area contributed by atoms with Gasteiger partial charge in [-0.3, -0.25) is 9.59 Å². The van der Waals surface area contributed by atoms with E-state index in [-0.39, 0.29) is 40.8 Å². The lowest BCUT2D eigenvalue weighted by molar-refractivity contribution is -0.140. The number of carbonyl (C=O) groups excluding carboxylic acids is 2. The molecule has 0 aliphatic carbocycles. The van der Waals surface area contributed by atoms with Gasteiger partial charge in [-0.2, -0.15) is 0 Å². The number of phenolic OH excluding ortho intramolecular Hbond substituents is 1. The van der Waals surface area contributed by atoms with Gasteiger partial charge in [0.15, 0.2) is 0 Å². The Morgan fingerprint density at radius 3 is 2.47 bits per heavy atom. The monoisotopic (exact) mass is 431 g/mol. The molecule has 0 spiro atoms. The third-order valence-corrected chi connectivity index (χ3v) is 5.09. The van der Waals surface area contributed by atoms with Crippen LogP contribution in [0, 0.1) is 0 Å². The fourth-order valence-corrected chi connectivity index (χ4v) is 3.61. The van der Waals surface area contributed by atoms with Gasteiger partial charge in [0.25, 0.3) is 11.7 Å². The maximum absolute atomic E-state index is 12.8. The molecule has 1 heterocycles. The number of ether oxygens (including phenoxy) is 2. The Morgan fingerprint density at radius 1 is 1.17 bits per heavy atom. The third-order valence-electron chi connectivity index (χ3n) is 4.79. The number of hydrogen-bond acceptors (Lipinski definition) is 6. The number of aliphatic hydroxyl groups is 1. The molecule has 2 aromatic carbocycles. The minimum absolute atomic E-state index is 0.0471. The van der Waals surface area contributed by atoms with Crippen molar-refractivity contribution in [3.05, 3.63) is 64.2 Å². The first-order chi connectivity index (χ1) is 14.4. The normalized spacial score (nSPS) is 18.1. The zero-order chi connectivity index (χ0) is 21.8. The Hall–Kier alpha value is -3.03. The second kappa shape index (κ2) is 9.19. The number of benzene rings is 2. The van der Waals surface area contributed by atoms with Crippen molar-refractivity contribution in [3.63, 3.8) is 0 Å². The van der Waals surface area contributed by atoms with Gasteiger partial charge < -0.3 is 24.6 Å². The van der Waals surface area contributed by atoms with Gasteiger partial charge in [0.2, 0.25) is 0 Å². The summed E-state index contributed by atoms with van der Waals surface area (Å²) in [6, 6.07) is 9.94. The molecule has 0 bridgehead atoms. The first kappa shape index (κ1) is 21.7. The van der Waals surface area contributed by atoms with E-state index in [1.807, 2.05) is 6.92 Å². The number of methoxy groups -OCH3 is 1. The first-order valence-electron chi connectivity index (χ1n) is 9.38. The smallest absolute Gasteiger partial charge is 0.295 e. The number of aromatic hydroxyl groups is 1. The lowest BCUT2D eigenvalue weighted by Gasteiger charge is -2.25. The molecule has 1 aliphatic heterocycles. The van der Waals surface area contributed by atoms with E-state index in [4.69, 9.17) is 21.1 Å². The summed E-state index contributed by atoms with van der Waals surface area (Å²) in [6.45, 7) is 2.63. The summed E-state index contributed by atoms with van der Waals surface area (Å²) in [4.78, 5) is 26.9. The Balaban J connectivity index is 2.13. The molecule has 0 radical (unpaired) electrons. The van der Waals surface area contributed by atoms with Crippen LogP contribution in [0.5, 0.6) is 11.5 Å². The molecule has 1 saturated heterocycles. The second-order valence-corrected chi connectivity index (χ2v) is 7.06. The highest BCUT2D eigenvalue weighted by atomic mass is 35.5. The molecule has 7 nitrogen and oxygen atoms in total. The lowest BCUT2D eigenvalue weighted by atomic mass is 9.95. The van der Waals surface area contributed by atoms with Crippen molar-refractivity contribution < 1.29 is 29.3 Å². The van der Waals surface area contributed by atoms with Crippen LogP contribution in [0.25, 0.3) is 5.76 Å². The average Bonchev–Trinajstić information content (AvgIpc) is 2.98. The van der Waals surface area contributed by atoms with Crippen LogP contribution in [-0.2, 0) is 14.3 Å². The maximum atomic E-state index is 12.8. The highest BCUT2D eigenvalue weighted by Crippen LogP contribution is 2.40. The first-order valence-corrected chi connectivity index (χ1v) is 9.75. The number of amides is 1. The third kappa shape index (κ3) is 4.13. The zero-order valence-electron chi connectivity index (χ0n) is 16.6. The van der Waals surface area contributed by atoms with Crippen molar-refractivity contribution in [2.45, 2.75) is 13.0 Å². The predicted octanol–water partition coefficient (Wildman–Crippen LogP) is 3.51. The van der Waals surface area contributed by atoms with E-state index < -0.39 is 17.7 Å². The van der Waals surface area contributed by atoms with Crippen molar-refractivity contribution in [1.29, 1.82) is 0 Å². The van der Waals surface area contributed by atoms with Crippen LogP contribution in [0.3, 0.4) is 0 Å². The van der Waals surface area contributed by atoms with Gasteiger partial charge in [-0.05, 0) is 42.8 Å². The number of nitrogens with zero attached hydrogens (tertiary/aromatic N) is 1. The molecular weight excluding hydrogens is 410 g/mol. The molecule has 0 aromatic heterocycles. The molecule has 1 fully saturated rings. The fraction of sp³-hybridized carbons (Fsp3) is 0.273. The van der Waals surface area contributed by atoms with E-state index in [0.717, 1.165) is 0 Å². The molecule has 2 aromatic rings. The summed E-state index contributed by atoms with van der Waals surface area (Å²) in [7, 11) is 1.49. The Bertz CT molecular complexity index is 986. The molecule has 1 aliphatic rings. The van der Waals surface area contributed by atoms with Crippen LogP contribution < -0.4 is 4.74 Å². The Labute approximate surface area is 179 Å². The van der Waals surface area contributed by atoms with Gasteiger partial charge >= 0.3 is 0 Å². The number of carbonyl (C=O) groups is 2. The Morgan fingerprint density at radius 2 is 1.87 bits per heavy atom. The molecular formula is C22H22ClNO6. The van der Waals surface area contributed by atoms with Crippen molar-refractivity contribution in [3.8, 4) is 11.5 Å². The number of hydrogen-bond donors (Lipinski definition) is 2. The summed E-state index contributed by atoms with van der Waals surface area (Å²) < 4.78 is 10.5. The molecule has 1 unspecified atom stereocenters. The zero-order valence-corrected chi connectivity index (χ0v) is 17.3. The summed E-state index contributed by atoms with van der Waals surface area (Å²) >= 11 is 6.23. The number of aliphatic hydroxyl groups excluding tert-OH is 1. The van der Waals surface area contributed by atoms with Crippen LogP contribution in [0.2, 0.25) is 5.02 Å². The topological polar surface area (TPSA) is 96.3 Å². The Kier molecular flexibility index (Phi) is 6.64. The van der Waals surface area contributed by atoms with Crippen LogP contribution >= 0.6 is 11.6 Å². The van der Waals surface area contributed by atoms with Crippen molar-refractivity contribution in [1.82, 2.24) is 4.90 Å². The number of phenols is 1. The van der Waals surface area contributed by atoms with Gasteiger partial charge in [-0.15, -0.1) is 0 Å². The van der Waals surface area contributed by atoms with Gasteiger partial charge in [0.05, 0.1) is 29.9 Å². The number of rotatable bonds is 7. The standard InChI is InChI=1S/C22H22ClNO6/c1-3-30-17-9-6-14(12-16(17)23)20(26)18-19(13-4-7-15(25)8-5-13)24(10-11-29-2)22(28)21(18)27/h4-9,12,19,25-26H,3,10-11H2,1-2H3. The molecule has 1 atom stereocenters. The van der Waals surface area contributed by atoms with Crippen LogP contribution in [0.15, 0.2) is 48.0 Å². The quantitative estimate of drug-likeness (QED) is 0.395. The van der Waals surface area contributed by atoms with Gasteiger partial charge in [0.1, 0.15) is 17.3 Å². The summed E-state index contributed by atoms with van der Waals surface area (Å²) in [5.41, 5.74) is 0.806. The minimum Gasteiger partial charge on any atom is -0.508 e. The molecule has 0 saturated carbocycles. The van der Waals surface area contributed by atoms with Crippen molar-refractivity contribution >= 4 is 29.1 Å². The van der Waals surface area contributed by atoms with Crippen LogP contribution in [-0.4, -0.2) is 53.7 Å². The molecule has 2 N–H and O–H groups in total.